The Balaban J connectivity index is 0.000000181. The zero-order valence-corrected chi connectivity index (χ0v) is 67.0. The van der Waals surface area contributed by atoms with Crippen LogP contribution in [0.25, 0.3) is 67.5 Å². The van der Waals surface area contributed by atoms with Crippen LogP contribution >= 0.6 is 0 Å². The quantitative estimate of drug-likeness (QED) is 0.148. The summed E-state index contributed by atoms with van der Waals surface area (Å²) in [5.41, 5.74) is 43.1. The molecule has 102 heavy (non-hydrogen) atoms. The van der Waals surface area contributed by atoms with E-state index < -0.39 is 13.7 Å². The number of hydrogen-bond donors (Lipinski definition) is 0. The van der Waals surface area contributed by atoms with Gasteiger partial charge in [-0.3, -0.25) is 0 Å². The fourth-order valence-corrected chi connectivity index (χ4v) is 13.6. The Morgan fingerprint density at radius 1 is 0.196 bits per heavy atom. The minimum absolute atomic E-state index is 0.394. The SMILES string of the molecule is Cc1cc(C)[n+](C)c(-c2c(C)cccc2C)c1.Cc1ccc(-c2cc(C)cc(C)[n+]2C)c(C)c1.Cc1ccc(C)c(-c2cc(C)cc(C)[n+]2C)c1.Cc1ccc(C)c(-c2cc(C)cc(C)[n+]2C)c1.[2H]C([2H])([2H])c1ccc(-c2cc(C)cc(C)[n+]2C)c(C)c1.[2H]C([2H])([2H])c1cccc(-c2cc(C)cc(C)[n+]2C)c1C. The van der Waals surface area contributed by atoms with E-state index in [-0.39, 0.29) is 0 Å². The van der Waals surface area contributed by atoms with Crippen molar-refractivity contribution in [1.29, 1.82) is 0 Å². The van der Waals surface area contributed by atoms with Crippen LogP contribution in [0.15, 0.2) is 182 Å². The van der Waals surface area contributed by atoms with Crippen molar-refractivity contribution in [2.45, 2.75) is 166 Å². The molecule has 6 heteroatoms. The molecule has 0 amide bonds. The number of pyridine rings is 6. The Morgan fingerprint density at radius 3 is 0.814 bits per heavy atom. The van der Waals surface area contributed by atoms with Gasteiger partial charge in [0.25, 0.3) is 0 Å². The molecule has 0 bridgehead atoms. The summed E-state index contributed by atoms with van der Waals surface area (Å²) < 4.78 is 58.6. The Labute approximate surface area is 624 Å². The van der Waals surface area contributed by atoms with Gasteiger partial charge in [0.1, 0.15) is 42.3 Å². The molecule has 0 N–H and O–H groups in total. The van der Waals surface area contributed by atoms with E-state index in [0.29, 0.717) is 11.1 Å². The van der Waals surface area contributed by atoms with Crippen LogP contribution in [-0.2, 0) is 42.3 Å². The van der Waals surface area contributed by atoms with Gasteiger partial charge in [-0.2, -0.15) is 27.4 Å². The smallest absolute Gasteiger partial charge is 0.199 e. The van der Waals surface area contributed by atoms with Crippen LogP contribution in [-0.4, -0.2) is 0 Å². The zero-order chi connectivity index (χ0) is 80.5. The summed E-state index contributed by atoms with van der Waals surface area (Å²) in [6, 6.07) is 63.6. The van der Waals surface area contributed by atoms with Gasteiger partial charge in [0.15, 0.2) is 34.2 Å². The van der Waals surface area contributed by atoms with Crippen LogP contribution in [0.5, 0.6) is 0 Å². The molecule has 0 atom stereocenters. The van der Waals surface area contributed by atoms with Crippen molar-refractivity contribution in [3.8, 4) is 67.5 Å². The lowest BCUT2D eigenvalue weighted by molar-refractivity contribution is -0.666. The van der Waals surface area contributed by atoms with Gasteiger partial charge >= 0.3 is 0 Å². The maximum absolute atomic E-state index is 7.64. The van der Waals surface area contributed by atoms with E-state index in [0.717, 1.165) is 39.3 Å². The van der Waals surface area contributed by atoms with Crippen LogP contribution in [0.3, 0.4) is 0 Å². The molecule has 0 aliphatic rings. The first-order valence-corrected chi connectivity index (χ1v) is 35.7. The minimum atomic E-state index is -2.07. The highest BCUT2D eigenvalue weighted by Crippen LogP contribution is 2.30. The number of aromatic nitrogens is 6. The number of rotatable bonds is 6. The third kappa shape index (κ3) is 19.8. The molecule has 0 fully saturated rings. The number of benzene rings is 6. The zero-order valence-electron chi connectivity index (χ0n) is 73.0. The Bertz CT molecular complexity index is 5160. The maximum Gasteiger partial charge on any atom is 0.213 e. The predicted molar refractivity (Wildman–Crippen MR) is 432 cm³/mol. The van der Waals surface area contributed by atoms with Gasteiger partial charge in [0.2, 0.25) is 34.2 Å². The topological polar surface area (TPSA) is 23.3 Å². The second-order valence-corrected chi connectivity index (χ2v) is 28.9. The highest BCUT2D eigenvalue weighted by atomic mass is 15.0. The van der Waals surface area contributed by atoms with Gasteiger partial charge < -0.3 is 0 Å². The molecule has 0 saturated carbocycles. The molecule has 0 spiro atoms. The van der Waals surface area contributed by atoms with Crippen molar-refractivity contribution in [2.24, 2.45) is 42.3 Å². The summed E-state index contributed by atoms with van der Waals surface area (Å²) >= 11 is 0. The van der Waals surface area contributed by atoms with Gasteiger partial charge in [-0.25, -0.2) is 0 Å². The van der Waals surface area contributed by atoms with Gasteiger partial charge in [0, 0.05) is 150 Å². The van der Waals surface area contributed by atoms with E-state index in [1.807, 2.05) is 46.1 Å². The third-order valence-corrected chi connectivity index (χ3v) is 20.0. The van der Waals surface area contributed by atoms with E-state index >= 15 is 0 Å². The van der Waals surface area contributed by atoms with Crippen LogP contribution in [0.1, 0.15) is 143 Å². The van der Waals surface area contributed by atoms with Gasteiger partial charge in [-0.1, -0.05) is 101 Å². The molecule has 12 rings (SSSR count). The molecule has 6 nitrogen and oxygen atoms in total. The minimum Gasteiger partial charge on any atom is -0.199 e. The van der Waals surface area contributed by atoms with Gasteiger partial charge in [-0.05, 0) is 233 Å². The summed E-state index contributed by atoms with van der Waals surface area (Å²) in [4.78, 5) is 0. The van der Waals surface area contributed by atoms with Crippen LogP contribution in [0.2, 0.25) is 0 Å². The van der Waals surface area contributed by atoms with Crippen LogP contribution in [0, 0.1) is 166 Å². The molecule has 528 valence electrons. The molecule has 0 saturated heterocycles. The lowest BCUT2D eigenvalue weighted by Crippen LogP contribution is -2.35. The normalized spacial score (nSPS) is 11.8. The largest absolute Gasteiger partial charge is 0.213 e. The molecular formula is C96H120N6+6. The Morgan fingerprint density at radius 2 is 0.471 bits per heavy atom. The molecule has 6 aromatic heterocycles. The lowest BCUT2D eigenvalue weighted by Gasteiger charge is -2.10. The standard InChI is InChI=1S/6C16H20N/c2*1-11-6-7-13(3)15(9-11)16-10-12(2)8-14(4)17(16)5;2*1-11-6-7-15(13(3)8-11)16-10-12(2)9-14(4)17(16)5;1-11-9-13(3)17(5)16(10-11)15-8-6-7-12(2)14(15)4;1-11-9-14(4)17(5)15(10-11)16-12(2)7-6-8-13(16)3/h6*6-10H,1-5H3/q6*+1/i;;1D3;;2D3;. The van der Waals surface area contributed by atoms with E-state index in [2.05, 4.69) is 340 Å². The second kappa shape index (κ2) is 34.7. The lowest BCUT2D eigenvalue weighted by atomic mass is 9.98. The molecule has 6 heterocycles. The third-order valence-electron chi connectivity index (χ3n) is 20.0. The fraction of sp³-hybridized carbons (Fsp3) is 0.312. The average molecular weight is 1360 g/mol. The van der Waals surface area contributed by atoms with E-state index in [1.54, 1.807) is 18.2 Å². The summed E-state index contributed by atoms with van der Waals surface area (Å²) in [5, 5.41) is 0. The van der Waals surface area contributed by atoms with Crippen molar-refractivity contribution < 1.29 is 35.6 Å². The van der Waals surface area contributed by atoms with Gasteiger partial charge in [0.05, 0.1) is 5.56 Å². The van der Waals surface area contributed by atoms with Crippen molar-refractivity contribution in [3.05, 3.63) is 316 Å². The van der Waals surface area contributed by atoms with Crippen LogP contribution in [0.4, 0.5) is 0 Å². The number of aryl methyl sites for hydroxylation is 23. The van der Waals surface area contributed by atoms with E-state index in [1.165, 1.54) is 151 Å². The van der Waals surface area contributed by atoms with Crippen molar-refractivity contribution in [2.75, 3.05) is 0 Å². The van der Waals surface area contributed by atoms with Gasteiger partial charge in [-0.15, -0.1) is 0 Å². The average Bonchev–Trinajstić information content (AvgIpc) is 0.810. The Kier molecular flexibility index (Phi) is 24.1. The summed E-state index contributed by atoms with van der Waals surface area (Å²) in [7, 11) is 12.6. The van der Waals surface area contributed by atoms with E-state index in [4.69, 9.17) is 8.22 Å². The Hall–Kier alpha value is -9.78. The first-order chi connectivity index (χ1) is 50.4. The van der Waals surface area contributed by atoms with Crippen molar-refractivity contribution in [3.63, 3.8) is 0 Å². The van der Waals surface area contributed by atoms with E-state index in [9.17, 15) is 0 Å². The van der Waals surface area contributed by atoms with Crippen molar-refractivity contribution in [1.82, 2.24) is 0 Å². The molecule has 0 aliphatic carbocycles. The molecule has 6 aromatic carbocycles. The molecular weight excluding hydrogens is 1240 g/mol. The monoisotopic (exact) mass is 1360 g/mol. The number of nitrogens with zero attached hydrogens (tertiary/aromatic N) is 6. The fourth-order valence-electron chi connectivity index (χ4n) is 13.6. The van der Waals surface area contributed by atoms with Crippen molar-refractivity contribution >= 4 is 0 Å². The van der Waals surface area contributed by atoms with Crippen LogP contribution < -0.4 is 27.4 Å². The maximum atomic E-state index is 7.64. The summed E-state index contributed by atoms with van der Waals surface area (Å²) in [6.45, 7) is 42.5. The summed E-state index contributed by atoms with van der Waals surface area (Å²) in [6.07, 6.45) is 0. The highest BCUT2D eigenvalue weighted by molar-refractivity contribution is 5.68. The second-order valence-electron chi connectivity index (χ2n) is 28.9. The molecule has 12 aromatic rings. The summed E-state index contributed by atoms with van der Waals surface area (Å²) in [5.74, 6) is 0. The molecule has 0 aliphatic heterocycles. The molecule has 0 unspecified atom stereocenters. The first-order valence-electron chi connectivity index (χ1n) is 38.7. The highest BCUT2D eigenvalue weighted by Gasteiger charge is 2.22. The first kappa shape index (κ1) is 70.6. The predicted octanol–water partition coefficient (Wildman–Crippen LogP) is 20.5. The molecule has 0 radical (unpaired) electrons. The number of hydrogen-bond acceptors (Lipinski definition) is 0.